The second kappa shape index (κ2) is 8.36. The number of rotatable bonds is 8. The minimum Gasteiger partial charge on any atom is -0.494 e. The van der Waals surface area contributed by atoms with Crippen LogP contribution in [0.5, 0.6) is 5.75 Å². The molecule has 19 heavy (non-hydrogen) atoms. The van der Waals surface area contributed by atoms with Crippen molar-refractivity contribution < 1.29 is 4.74 Å². The topological polar surface area (TPSA) is 9.23 Å². The van der Waals surface area contributed by atoms with Crippen molar-refractivity contribution in [3.8, 4) is 5.75 Å². The normalized spacial score (nSPS) is 10.3. The molecule has 1 nitrogen and oxygen atoms in total. The van der Waals surface area contributed by atoms with E-state index in [0.29, 0.717) is 0 Å². The fraction of sp³-hybridized carbons (Fsp3) is 0.333. The summed E-state index contributed by atoms with van der Waals surface area (Å²) < 4.78 is 5.65. The third-order valence-electron chi connectivity index (χ3n) is 3.16. The van der Waals surface area contributed by atoms with Crippen molar-refractivity contribution in [2.45, 2.75) is 32.1 Å². The van der Waals surface area contributed by atoms with E-state index in [1.807, 2.05) is 24.3 Å². The number of aryl methyl sites for hydroxylation is 1. The van der Waals surface area contributed by atoms with Gasteiger partial charge in [-0.15, -0.1) is 0 Å². The molecule has 1 radical (unpaired) electrons. The summed E-state index contributed by atoms with van der Waals surface area (Å²) in [5, 5.41) is 0. The second-order valence-electron chi connectivity index (χ2n) is 4.73. The average molecular weight is 253 g/mol. The van der Waals surface area contributed by atoms with E-state index in [9.17, 15) is 0 Å². The molecule has 0 aromatic heterocycles. The molecule has 0 aliphatic carbocycles. The molecule has 99 valence electrons. The molecule has 0 fully saturated rings. The number of ether oxygens (including phenoxy) is 1. The van der Waals surface area contributed by atoms with Crippen LogP contribution in [0.2, 0.25) is 0 Å². The van der Waals surface area contributed by atoms with Crippen molar-refractivity contribution >= 4 is 0 Å². The summed E-state index contributed by atoms with van der Waals surface area (Å²) in [5.74, 6) is 0.947. The molecule has 2 aromatic rings. The Kier molecular flexibility index (Phi) is 6.01. The Balaban J connectivity index is 1.49. The summed E-state index contributed by atoms with van der Waals surface area (Å²) in [4.78, 5) is 0. The molecule has 2 aromatic carbocycles. The van der Waals surface area contributed by atoms with E-state index in [-0.39, 0.29) is 0 Å². The van der Waals surface area contributed by atoms with Gasteiger partial charge in [0.25, 0.3) is 0 Å². The number of hydrogen-bond donors (Lipinski definition) is 0. The molecule has 0 saturated carbocycles. The monoisotopic (exact) mass is 253 g/mol. The molecular formula is C18H21O. The lowest BCUT2D eigenvalue weighted by Gasteiger charge is -2.05. The van der Waals surface area contributed by atoms with E-state index in [2.05, 4.69) is 36.4 Å². The quantitative estimate of drug-likeness (QED) is 0.621. The summed E-state index contributed by atoms with van der Waals surface area (Å²) in [6, 6.07) is 21.4. The maximum atomic E-state index is 5.65. The van der Waals surface area contributed by atoms with Gasteiger partial charge in [0.05, 0.1) is 6.61 Å². The van der Waals surface area contributed by atoms with Crippen LogP contribution in [0.25, 0.3) is 0 Å². The van der Waals surface area contributed by atoms with Gasteiger partial charge >= 0.3 is 0 Å². The fourth-order valence-electron chi connectivity index (χ4n) is 2.09. The van der Waals surface area contributed by atoms with Crippen LogP contribution in [0.1, 0.15) is 31.2 Å². The summed E-state index contributed by atoms with van der Waals surface area (Å²) >= 11 is 0. The molecule has 0 aliphatic heterocycles. The van der Waals surface area contributed by atoms with Crippen molar-refractivity contribution in [1.29, 1.82) is 0 Å². The van der Waals surface area contributed by atoms with E-state index in [1.54, 1.807) is 0 Å². The first-order chi connectivity index (χ1) is 9.45. The average Bonchev–Trinajstić information content (AvgIpc) is 2.48. The molecule has 0 N–H and O–H groups in total. The van der Waals surface area contributed by atoms with Gasteiger partial charge < -0.3 is 4.74 Å². The van der Waals surface area contributed by atoms with E-state index >= 15 is 0 Å². The Bertz CT molecular complexity index is 392. The predicted molar refractivity (Wildman–Crippen MR) is 79.4 cm³/mol. The third-order valence-corrected chi connectivity index (χ3v) is 3.16. The van der Waals surface area contributed by atoms with Crippen molar-refractivity contribution in [3.63, 3.8) is 0 Å². The Morgan fingerprint density at radius 2 is 1.53 bits per heavy atom. The van der Waals surface area contributed by atoms with Gasteiger partial charge in [0, 0.05) is 0 Å². The van der Waals surface area contributed by atoms with Crippen molar-refractivity contribution in [3.05, 3.63) is 66.2 Å². The highest BCUT2D eigenvalue weighted by Gasteiger charge is 1.94. The lowest BCUT2D eigenvalue weighted by Crippen LogP contribution is -1.97. The van der Waals surface area contributed by atoms with Gasteiger partial charge in [-0.2, -0.15) is 0 Å². The number of hydrogen-bond acceptors (Lipinski definition) is 1. The van der Waals surface area contributed by atoms with Crippen LogP contribution in [0, 0.1) is 6.07 Å². The van der Waals surface area contributed by atoms with Crippen LogP contribution in [-0.4, -0.2) is 6.61 Å². The summed E-state index contributed by atoms with van der Waals surface area (Å²) in [5.41, 5.74) is 1.44. The zero-order chi connectivity index (χ0) is 13.2. The Morgan fingerprint density at radius 3 is 2.32 bits per heavy atom. The van der Waals surface area contributed by atoms with Crippen LogP contribution in [0.15, 0.2) is 54.6 Å². The lowest BCUT2D eigenvalue weighted by molar-refractivity contribution is 0.304. The number of benzene rings is 2. The first-order valence-electron chi connectivity index (χ1n) is 7.08. The zero-order valence-electron chi connectivity index (χ0n) is 11.3. The van der Waals surface area contributed by atoms with Crippen molar-refractivity contribution in [2.75, 3.05) is 6.61 Å². The van der Waals surface area contributed by atoms with Gasteiger partial charge in [0.2, 0.25) is 0 Å². The Morgan fingerprint density at radius 1 is 0.789 bits per heavy atom. The minimum atomic E-state index is 0.815. The molecule has 0 bridgehead atoms. The molecule has 0 spiro atoms. The van der Waals surface area contributed by atoms with Crippen molar-refractivity contribution in [1.82, 2.24) is 0 Å². The van der Waals surface area contributed by atoms with Crippen LogP contribution in [0.4, 0.5) is 0 Å². The number of unbranched alkanes of at least 4 members (excludes halogenated alkanes) is 3. The smallest absolute Gasteiger partial charge is 0.119 e. The highest BCUT2D eigenvalue weighted by molar-refractivity contribution is 5.20. The van der Waals surface area contributed by atoms with Gasteiger partial charge in [-0.25, -0.2) is 0 Å². The standard InChI is InChI=1S/C18H21O/c1(5-11-17-12-6-3-7-13-17)2-10-16-19-18-14-8-4-9-15-18/h3,6-9,12-15H,1-2,5,10-11,16H2. The van der Waals surface area contributed by atoms with Crippen LogP contribution < -0.4 is 4.74 Å². The molecule has 1 heteroatoms. The van der Waals surface area contributed by atoms with Gasteiger partial charge in [-0.3, -0.25) is 0 Å². The lowest BCUT2D eigenvalue weighted by atomic mass is 10.1. The molecule has 0 atom stereocenters. The molecule has 0 saturated heterocycles. The molecule has 0 unspecified atom stereocenters. The van der Waals surface area contributed by atoms with Crippen LogP contribution >= 0.6 is 0 Å². The summed E-state index contributed by atoms with van der Waals surface area (Å²) in [7, 11) is 0. The molecule has 0 aliphatic rings. The minimum absolute atomic E-state index is 0.815. The van der Waals surface area contributed by atoms with Crippen LogP contribution in [0.3, 0.4) is 0 Å². The van der Waals surface area contributed by atoms with Gasteiger partial charge in [-0.05, 0) is 43.0 Å². The molecule has 0 amide bonds. The largest absolute Gasteiger partial charge is 0.494 e. The highest BCUT2D eigenvalue weighted by Crippen LogP contribution is 2.10. The first kappa shape index (κ1) is 13.7. The van der Waals surface area contributed by atoms with Gasteiger partial charge in [0.15, 0.2) is 0 Å². The van der Waals surface area contributed by atoms with E-state index in [0.717, 1.165) is 18.8 Å². The first-order valence-corrected chi connectivity index (χ1v) is 7.08. The van der Waals surface area contributed by atoms with Gasteiger partial charge in [0.1, 0.15) is 5.75 Å². The summed E-state index contributed by atoms with van der Waals surface area (Å²) in [6.45, 7) is 0.815. The van der Waals surface area contributed by atoms with E-state index in [4.69, 9.17) is 4.74 Å². The molecule has 2 rings (SSSR count). The Labute approximate surface area is 116 Å². The second-order valence-corrected chi connectivity index (χ2v) is 4.73. The predicted octanol–water partition coefficient (Wildman–Crippen LogP) is 4.67. The van der Waals surface area contributed by atoms with E-state index < -0.39 is 0 Å². The maximum Gasteiger partial charge on any atom is 0.119 e. The SMILES string of the molecule is [c]1ccc(OCCCCCCc2ccccc2)cc1. The highest BCUT2D eigenvalue weighted by atomic mass is 16.5. The fourth-order valence-corrected chi connectivity index (χ4v) is 2.09. The molecule has 0 heterocycles. The van der Waals surface area contributed by atoms with E-state index in [1.165, 1.54) is 31.2 Å². The maximum absolute atomic E-state index is 5.65. The Hall–Kier alpha value is -1.76. The van der Waals surface area contributed by atoms with Gasteiger partial charge in [-0.1, -0.05) is 55.3 Å². The molecular weight excluding hydrogens is 232 g/mol. The van der Waals surface area contributed by atoms with Crippen LogP contribution in [-0.2, 0) is 6.42 Å². The van der Waals surface area contributed by atoms with Crippen molar-refractivity contribution in [2.24, 2.45) is 0 Å². The zero-order valence-corrected chi connectivity index (χ0v) is 11.3. The summed E-state index contributed by atoms with van der Waals surface area (Å²) in [6.07, 6.45) is 6.11. The third kappa shape index (κ3) is 5.60.